The van der Waals surface area contributed by atoms with Crippen LogP contribution in [0.4, 0.5) is 0 Å². The number of carbonyl (C=O) groups is 1. The molecule has 90 valence electrons. The van der Waals surface area contributed by atoms with Crippen molar-refractivity contribution in [2.75, 3.05) is 13.2 Å². The highest BCUT2D eigenvalue weighted by Crippen LogP contribution is 2.13. The summed E-state index contributed by atoms with van der Waals surface area (Å²) in [6.45, 7) is 8.13. The van der Waals surface area contributed by atoms with Gasteiger partial charge in [0, 0.05) is 24.3 Å². The number of hydrogen-bond acceptors (Lipinski definition) is 2. The molecule has 4 nitrogen and oxygen atoms in total. The second-order valence-corrected chi connectivity index (χ2v) is 5.02. The van der Waals surface area contributed by atoms with E-state index < -0.39 is 0 Å². The molecule has 1 rings (SSSR count). The van der Waals surface area contributed by atoms with E-state index in [1.54, 1.807) is 0 Å². The van der Waals surface area contributed by atoms with Gasteiger partial charge in [0.05, 0.1) is 0 Å². The number of rotatable bonds is 4. The number of aliphatic hydroxyl groups is 1. The standard InChI is InChI=1S/C12H20N2O2/c1-8-5-9(2)14-10(8)11(16)13-6-12(3,4)7-15/h5,14-15H,6-7H2,1-4H3,(H,13,16). The molecule has 0 saturated heterocycles. The van der Waals surface area contributed by atoms with E-state index in [-0.39, 0.29) is 17.9 Å². The van der Waals surface area contributed by atoms with Gasteiger partial charge in [-0.25, -0.2) is 0 Å². The summed E-state index contributed by atoms with van der Waals surface area (Å²) in [6, 6.07) is 1.94. The SMILES string of the molecule is Cc1cc(C)c(C(=O)NCC(C)(C)CO)[nH]1. The van der Waals surface area contributed by atoms with Crippen molar-refractivity contribution in [3.05, 3.63) is 23.0 Å². The van der Waals surface area contributed by atoms with Gasteiger partial charge >= 0.3 is 0 Å². The van der Waals surface area contributed by atoms with E-state index >= 15 is 0 Å². The van der Waals surface area contributed by atoms with Crippen molar-refractivity contribution in [3.63, 3.8) is 0 Å². The van der Waals surface area contributed by atoms with Crippen molar-refractivity contribution in [3.8, 4) is 0 Å². The zero-order valence-electron chi connectivity index (χ0n) is 10.3. The third-order valence-corrected chi connectivity index (χ3v) is 2.53. The Bertz CT molecular complexity index is 380. The molecule has 0 aromatic carbocycles. The lowest BCUT2D eigenvalue weighted by Crippen LogP contribution is -2.36. The second-order valence-electron chi connectivity index (χ2n) is 5.02. The maximum Gasteiger partial charge on any atom is 0.267 e. The number of hydrogen-bond donors (Lipinski definition) is 3. The van der Waals surface area contributed by atoms with Crippen LogP contribution in [-0.4, -0.2) is 29.1 Å². The van der Waals surface area contributed by atoms with Crippen LogP contribution in [0.25, 0.3) is 0 Å². The van der Waals surface area contributed by atoms with Gasteiger partial charge < -0.3 is 15.4 Å². The molecule has 0 bridgehead atoms. The molecule has 1 aromatic heterocycles. The Hall–Kier alpha value is -1.29. The summed E-state index contributed by atoms with van der Waals surface area (Å²) in [5, 5.41) is 11.9. The number of aryl methyl sites for hydroxylation is 2. The minimum Gasteiger partial charge on any atom is -0.396 e. The monoisotopic (exact) mass is 224 g/mol. The van der Waals surface area contributed by atoms with Crippen LogP contribution in [0, 0.1) is 19.3 Å². The fourth-order valence-electron chi connectivity index (χ4n) is 1.43. The summed E-state index contributed by atoms with van der Waals surface area (Å²) in [6.07, 6.45) is 0. The van der Waals surface area contributed by atoms with E-state index in [1.165, 1.54) is 0 Å². The van der Waals surface area contributed by atoms with E-state index in [4.69, 9.17) is 5.11 Å². The Morgan fingerprint density at radius 3 is 2.56 bits per heavy atom. The number of nitrogens with one attached hydrogen (secondary N) is 2. The van der Waals surface area contributed by atoms with E-state index in [1.807, 2.05) is 33.8 Å². The zero-order chi connectivity index (χ0) is 12.3. The number of amides is 1. The molecule has 0 aliphatic rings. The topological polar surface area (TPSA) is 65.1 Å². The van der Waals surface area contributed by atoms with Crippen molar-refractivity contribution in [1.29, 1.82) is 0 Å². The lowest BCUT2D eigenvalue weighted by Gasteiger charge is -2.21. The van der Waals surface area contributed by atoms with Crippen molar-refractivity contribution in [1.82, 2.24) is 10.3 Å². The molecular formula is C12H20N2O2. The smallest absolute Gasteiger partial charge is 0.267 e. The van der Waals surface area contributed by atoms with Gasteiger partial charge in [0.1, 0.15) is 5.69 Å². The summed E-state index contributed by atoms with van der Waals surface area (Å²) in [5.74, 6) is -0.118. The van der Waals surface area contributed by atoms with Gasteiger partial charge in [-0.05, 0) is 25.5 Å². The largest absolute Gasteiger partial charge is 0.396 e. The van der Waals surface area contributed by atoms with Crippen molar-refractivity contribution in [2.45, 2.75) is 27.7 Å². The fraction of sp³-hybridized carbons (Fsp3) is 0.583. The number of carbonyl (C=O) groups excluding carboxylic acids is 1. The molecule has 0 fully saturated rings. The van der Waals surface area contributed by atoms with Gasteiger partial charge in [0.25, 0.3) is 5.91 Å². The van der Waals surface area contributed by atoms with Gasteiger partial charge in [-0.15, -0.1) is 0 Å². The van der Waals surface area contributed by atoms with Crippen molar-refractivity contribution < 1.29 is 9.90 Å². The minimum atomic E-state index is -0.287. The molecule has 0 atom stereocenters. The van der Waals surface area contributed by atoms with Crippen LogP contribution in [0.15, 0.2) is 6.07 Å². The molecule has 0 saturated carbocycles. The first-order valence-corrected chi connectivity index (χ1v) is 5.41. The number of aromatic nitrogens is 1. The molecule has 1 heterocycles. The maximum atomic E-state index is 11.8. The average molecular weight is 224 g/mol. The van der Waals surface area contributed by atoms with Crippen LogP contribution >= 0.6 is 0 Å². The van der Waals surface area contributed by atoms with Crippen LogP contribution in [0.5, 0.6) is 0 Å². The molecule has 0 aliphatic heterocycles. The summed E-state index contributed by atoms with van der Waals surface area (Å²) in [7, 11) is 0. The molecule has 1 aromatic rings. The van der Waals surface area contributed by atoms with Crippen LogP contribution in [0.3, 0.4) is 0 Å². The molecule has 3 N–H and O–H groups in total. The fourth-order valence-corrected chi connectivity index (χ4v) is 1.43. The first-order chi connectivity index (χ1) is 7.35. The molecule has 0 spiro atoms. The highest BCUT2D eigenvalue weighted by atomic mass is 16.3. The number of aliphatic hydroxyl groups excluding tert-OH is 1. The molecule has 0 aliphatic carbocycles. The quantitative estimate of drug-likeness (QED) is 0.723. The van der Waals surface area contributed by atoms with Crippen molar-refractivity contribution >= 4 is 5.91 Å². The van der Waals surface area contributed by atoms with Crippen LogP contribution in [0.2, 0.25) is 0 Å². The predicted molar refractivity (Wildman–Crippen MR) is 63.5 cm³/mol. The normalized spacial score (nSPS) is 11.6. The molecule has 4 heteroatoms. The number of H-pyrrole nitrogens is 1. The average Bonchev–Trinajstić information content (AvgIpc) is 2.54. The lowest BCUT2D eigenvalue weighted by molar-refractivity contribution is 0.0906. The predicted octanol–water partition coefficient (Wildman–Crippen LogP) is 1.38. The Kier molecular flexibility index (Phi) is 3.75. The summed E-state index contributed by atoms with van der Waals surface area (Å²) < 4.78 is 0. The summed E-state index contributed by atoms with van der Waals surface area (Å²) in [5.41, 5.74) is 2.23. The molecule has 1 amide bonds. The van der Waals surface area contributed by atoms with Gasteiger partial charge in [0.2, 0.25) is 0 Å². The van der Waals surface area contributed by atoms with Gasteiger partial charge in [-0.2, -0.15) is 0 Å². The zero-order valence-corrected chi connectivity index (χ0v) is 10.3. The van der Waals surface area contributed by atoms with Gasteiger partial charge in [-0.3, -0.25) is 4.79 Å². The first kappa shape index (κ1) is 12.8. The summed E-state index contributed by atoms with van der Waals surface area (Å²) in [4.78, 5) is 14.8. The van der Waals surface area contributed by atoms with Crippen LogP contribution in [-0.2, 0) is 0 Å². The third-order valence-electron chi connectivity index (χ3n) is 2.53. The van der Waals surface area contributed by atoms with Gasteiger partial charge in [0.15, 0.2) is 0 Å². The maximum absolute atomic E-state index is 11.8. The molecule has 0 radical (unpaired) electrons. The molecular weight excluding hydrogens is 204 g/mol. The van der Waals surface area contributed by atoms with Crippen LogP contribution < -0.4 is 5.32 Å². The van der Waals surface area contributed by atoms with E-state index in [0.29, 0.717) is 12.2 Å². The van der Waals surface area contributed by atoms with Crippen molar-refractivity contribution in [2.24, 2.45) is 5.41 Å². The van der Waals surface area contributed by atoms with E-state index in [2.05, 4.69) is 10.3 Å². The van der Waals surface area contributed by atoms with E-state index in [9.17, 15) is 4.79 Å². The Labute approximate surface area is 96.1 Å². The summed E-state index contributed by atoms with van der Waals surface area (Å²) >= 11 is 0. The third kappa shape index (κ3) is 3.10. The Morgan fingerprint density at radius 2 is 2.12 bits per heavy atom. The highest BCUT2D eigenvalue weighted by molar-refractivity contribution is 5.94. The van der Waals surface area contributed by atoms with Crippen LogP contribution in [0.1, 0.15) is 35.6 Å². The van der Waals surface area contributed by atoms with Gasteiger partial charge in [-0.1, -0.05) is 13.8 Å². The lowest BCUT2D eigenvalue weighted by atomic mass is 9.95. The second kappa shape index (κ2) is 4.70. The Morgan fingerprint density at radius 1 is 1.50 bits per heavy atom. The highest BCUT2D eigenvalue weighted by Gasteiger charge is 2.19. The first-order valence-electron chi connectivity index (χ1n) is 5.41. The molecule has 16 heavy (non-hydrogen) atoms. The van der Waals surface area contributed by atoms with E-state index in [0.717, 1.165) is 11.3 Å². The minimum absolute atomic E-state index is 0.0516. The molecule has 0 unspecified atom stereocenters. The number of aromatic amines is 1. The Balaban J connectivity index is 2.63.